The summed E-state index contributed by atoms with van der Waals surface area (Å²) in [5, 5.41) is 9.08. The standard InChI is InChI=1S/C12H12ClNO2/c1-3-8-4-5-9(12(15)16-2)11(7-14)10(8)6-13/h4-5H,3,6H2,1-2H3. The zero-order valence-corrected chi connectivity index (χ0v) is 9.97. The van der Waals surface area contributed by atoms with Crippen molar-refractivity contribution in [1.82, 2.24) is 0 Å². The van der Waals surface area contributed by atoms with Crippen LogP contribution >= 0.6 is 11.6 Å². The third-order valence-corrected chi connectivity index (χ3v) is 2.71. The van der Waals surface area contributed by atoms with Gasteiger partial charge in [-0.05, 0) is 23.6 Å². The van der Waals surface area contributed by atoms with E-state index in [-0.39, 0.29) is 11.4 Å². The number of methoxy groups -OCH3 is 1. The van der Waals surface area contributed by atoms with Crippen LogP contribution in [-0.4, -0.2) is 13.1 Å². The lowest BCUT2D eigenvalue weighted by atomic mass is 9.96. The van der Waals surface area contributed by atoms with Crippen molar-refractivity contribution in [2.75, 3.05) is 7.11 Å². The third kappa shape index (κ3) is 2.17. The number of carbonyl (C=O) groups is 1. The normalized spacial score (nSPS) is 9.62. The molecule has 0 aliphatic rings. The maximum Gasteiger partial charge on any atom is 0.339 e. The molecule has 4 heteroatoms. The number of rotatable bonds is 3. The number of esters is 1. The fourth-order valence-corrected chi connectivity index (χ4v) is 1.89. The zero-order valence-electron chi connectivity index (χ0n) is 9.21. The maximum atomic E-state index is 11.4. The maximum absolute atomic E-state index is 11.4. The van der Waals surface area contributed by atoms with Gasteiger partial charge in [0.05, 0.1) is 18.2 Å². The number of nitrogens with zero attached hydrogens (tertiary/aromatic N) is 1. The summed E-state index contributed by atoms with van der Waals surface area (Å²) in [5.74, 6) is -0.290. The van der Waals surface area contributed by atoms with Crippen molar-refractivity contribution in [1.29, 1.82) is 5.26 Å². The number of alkyl halides is 1. The number of hydrogen-bond donors (Lipinski definition) is 0. The molecular weight excluding hydrogens is 226 g/mol. The minimum absolute atomic E-state index is 0.219. The third-order valence-electron chi connectivity index (χ3n) is 2.44. The van der Waals surface area contributed by atoms with E-state index in [0.717, 1.165) is 17.5 Å². The fourth-order valence-electron chi connectivity index (χ4n) is 1.58. The van der Waals surface area contributed by atoms with Crippen LogP contribution in [0.1, 0.15) is 34.0 Å². The molecule has 0 saturated carbocycles. The second kappa shape index (κ2) is 5.53. The van der Waals surface area contributed by atoms with Crippen LogP contribution in [-0.2, 0) is 17.0 Å². The van der Waals surface area contributed by atoms with Crippen LogP contribution < -0.4 is 0 Å². The molecular formula is C12H12ClNO2. The first-order valence-corrected chi connectivity index (χ1v) is 5.42. The fraction of sp³-hybridized carbons (Fsp3) is 0.333. The summed E-state index contributed by atoms with van der Waals surface area (Å²) < 4.78 is 4.62. The van der Waals surface area contributed by atoms with Crippen molar-refractivity contribution in [2.24, 2.45) is 0 Å². The highest BCUT2D eigenvalue weighted by Gasteiger charge is 2.17. The first kappa shape index (κ1) is 12.5. The SMILES string of the molecule is CCc1ccc(C(=O)OC)c(C#N)c1CCl. The van der Waals surface area contributed by atoms with Crippen LogP contribution in [0.3, 0.4) is 0 Å². The van der Waals surface area contributed by atoms with Gasteiger partial charge in [-0.1, -0.05) is 13.0 Å². The molecule has 0 aromatic heterocycles. The lowest BCUT2D eigenvalue weighted by Crippen LogP contribution is -2.07. The predicted molar refractivity (Wildman–Crippen MR) is 61.4 cm³/mol. The molecule has 0 aliphatic carbocycles. The summed E-state index contributed by atoms with van der Waals surface area (Å²) in [4.78, 5) is 11.4. The van der Waals surface area contributed by atoms with Gasteiger partial charge < -0.3 is 4.74 Å². The monoisotopic (exact) mass is 237 g/mol. The number of benzene rings is 1. The van der Waals surface area contributed by atoms with Crippen molar-refractivity contribution in [3.05, 3.63) is 34.4 Å². The van der Waals surface area contributed by atoms with Crippen LogP contribution in [0, 0.1) is 11.3 Å². The van der Waals surface area contributed by atoms with E-state index < -0.39 is 5.97 Å². The van der Waals surface area contributed by atoms with E-state index in [1.807, 2.05) is 19.1 Å². The van der Waals surface area contributed by atoms with Crippen LogP contribution in [0.4, 0.5) is 0 Å². The average molecular weight is 238 g/mol. The van der Waals surface area contributed by atoms with E-state index in [1.54, 1.807) is 6.07 Å². The van der Waals surface area contributed by atoms with Crippen LogP contribution in [0.15, 0.2) is 12.1 Å². The number of aryl methyl sites for hydroxylation is 1. The van der Waals surface area contributed by atoms with E-state index in [1.165, 1.54) is 7.11 Å². The summed E-state index contributed by atoms with van der Waals surface area (Å²) in [6.45, 7) is 1.98. The molecule has 16 heavy (non-hydrogen) atoms. The van der Waals surface area contributed by atoms with Crippen molar-refractivity contribution in [3.8, 4) is 6.07 Å². The molecule has 0 N–H and O–H groups in total. The Balaban J connectivity index is 3.45. The summed E-state index contributed by atoms with van der Waals surface area (Å²) in [7, 11) is 1.29. The zero-order chi connectivity index (χ0) is 12.1. The number of hydrogen-bond acceptors (Lipinski definition) is 3. The molecule has 0 atom stereocenters. The summed E-state index contributed by atoms with van der Waals surface area (Å²) in [5.41, 5.74) is 2.30. The van der Waals surface area contributed by atoms with Gasteiger partial charge in [0, 0.05) is 5.88 Å². The Morgan fingerprint density at radius 3 is 2.69 bits per heavy atom. The van der Waals surface area contributed by atoms with Crippen LogP contribution in [0.5, 0.6) is 0 Å². The van der Waals surface area contributed by atoms with Gasteiger partial charge >= 0.3 is 5.97 Å². The lowest BCUT2D eigenvalue weighted by molar-refractivity contribution is 0.0600. The Morgan fingerprint density at radius 1 is 1.56 bits per heavy atom. The molecule has 0 unspecified atom stereocenters. The van der Waals surface area contributed by atoms with E-state index in [4.69, 9.17) is 16.9 Å². The molecule has 1 aromatic carbocycles. The molecule has 0 bridgehead atoms. The smallest absolute Gasteiger partial charge is 0.339 e. The first-order chi connectivity index (χ1) is 7.69. The van der Waals surface area contributed by atoms with Crippen molar-refractivity contribution in [2.45, 2.75) is 19.2 Å². The Morgan fingerprint density at radius 2 is 2.25 bits per heavy atom. The molecule has 0 spiro atoms. The second-order valence-electron chi connectivity index (χ2n) is 3.22. The van der Waals surface area contributed by atoms with Crippen LogP contribution in [0.25, 0.3) is 0 Å². The minimum Gasteiger partial charge on any atom is -0.465 e. The molecule has 3 nitrogen and oxygen atoms in total. The molecule has 0 amide bonds. The summed E-state index contributed by atoms with van der Waals surface area (Å²) in [6.07, 6.45) is 0.776. The van der Waals surface area contributed by atoms with Gasteiger partial charge in [0.15, 0.2) is 0 Å². The number of halogens is 1. The highest BCUT2D eigenvalue weighted by atomic mass is 35.5. The predicted octanol–water partition coefficient (Wildman–Crippen LogP) is 2.65. The van der Waals surface area contributed by atoms with E-state index in [2.05, 4.69) is 4.74 Å². The Labute approximate surface area is 99.6 Å². The van der Waals surface area contributed by atoms with Gasteiger partial charge in [-0.3, -0.25) is 0 Å². The molecule has 0 aliphatic heterocycles. The topological polar surface area (TPSA) is 50.1 Å². The lowest BCUT2D eigenvalue weighted by Gasteiger charge is -2.10. The Kier molecular flexibility index (Phi) is 4.33. The van der Waals surface area contributed by atoms with Gasteiger partial charge in [-0.25, -0.2) is 4.79 Å². The highest BCUT2D eigenvalue weighted by molar-refractivity contribution is 6.17. The molecule has 0 radical (unpaired) electrons. The van der Waals surface area contributed by atoms with Crippen molar-refractivity contribution < 1.29 is 9.53 Å². The average Bonchev–Trinajstić information content (AvgIpc) is 2.35. The molecule has 1 rings (SSSR count). The van der Waals surface area contributed by atoms with Gasteiger partial charge in [-0.15, -0.1) is 11.6 Å². The Hall–Kier alpha value is -1.53. The summed E-state index contributed by atoms with van der Waals surface area (Å²) >= 11 is 5.81. The molecule has 0 fully saturated rings. The second-order valence-corrected chi connectivity index (χ2v) is 3.48. The van der Waals surface area contributed by atoms with E-state index in [0.29, 0.717) is 5.56 Å². The largest absolute Gasteiger partial charge is 0.465 e. The van der Waals surface area contributed by atoms with Gasteiger partial charge in [0.25, 0.3) is 0 Å². The van der Waals surface area contributed by atoms with Crippen molar-refractivity contribution in [3.63, 3.8) is 0 Å². The van der Waals surface area contributed by atoms with Gasteiger partial charge in [-0.2, -0.15) is 5.26 Å². The summed E-state index contributed by atoms with van der Waals surface area (Å²) in [6, 6.07) is 5.44. The van der Waals surface area contributed by atoms with Crippen LogP contribution in [0.2, 0.25) is 0 Å². The van der Waals surface area contributed by atoms with E-state index in [9.17, 15) is 4.79 Å². The number of ether oxygens (including phenoxy) is 1. The molecule has 84 valence electrons. The molecule has 0 saturated heterocycles. The van der Waals surface area contributed by atoms with Gasteiger partial charge in [0.2, 0.25) is 0 Å². The molecule has 1 aromatic rings. The number of carbonyl (C=O) groups excluding carboxylic acids is 1. The van der Waals surface area contributed by atoms with Crippen molar-refractivity contribution >= 4 is 17.6 Å². The van der Waals surface area contributed by atoms with E-state index >= 15 is 0 Å². The minimum atomic E-state index is -0.509. The first-order valence-electron chi connectivity index (χ1n) is 4.88. The highest BCUT2D eigenvalue weighted by Crippen LogP contribution is 2.22. The number of nitriles is 1. The quantitative estimate of drug-likeness (QED) is 0.600. The molecule has 0 heterocycles. The Bertz CT molecular complexity index is 449. The van der Waals surface area contributed by atoms with Gasteiger partial charge in [0.1, 0.15) is 6.07 Å².